The number of anilines is 3. The van der Waals surface area contributed by atoms with Gasteiger partial charge in [-0.05, 0) is 43.0 Å². The molecule has 2 heterocycles. The lowest BCUT2D eigenvalue weighted by Crippen LogP contribution is -2.17. The Balaban J connectivity index is 1.50. The molecule has 1 N–H and O–H groups in total. The number of hydrogen-bond donors (Lipinski definition) is 1. The van der Waals surface area contributed by atoms with Gasteiger partial charge in [-0.3, -0.25) is 0 Å². The molecule has 0 spiro atoms. The third-order valence-electron chi connectivity index (χ3n) is 4.64. The number of nitrogens with one attached hydrogen (secondary N) is 1. The molecule has 2 aromatic carbocycles. The molecular weight excluding hydrogens is 327 g/mol. The fourth-order valence-corrected chi connectivity index (χ4v) is 3.36. The quantitative estimate of drug-likeness (QED) is 0.747. The van der Waals surface area contributed by atoms with E-state index in [2.05, 4.69) is 44.5 Å². The van der Waals surface area contributed by atoms with Gasteiger partial charge in [-0.2, -0.15) is 4.98 Å². The molecule has 4 rings (SSSR count). The molecule has 1 aromatic heterocycles. The predicted molar refractivity (Wildman–Crippen MR) is 103 cm³/mol. The molecule has 26 heavy (non-hydrogen) atoms. The molecule has 0 fully saturated rings. The van der Waals surface area contributed by atoms with Crippen LogP contribution in [0.4, 0.5) is 21.8 Å². The van der Waals surface area contributed by atoms with E-state index in [9.17, 15) is 4.39 Å². The van der Waals surface area contributed by atoms with E-state index in [-0.39, 0.29) is 5.82 Å². The Labute approximate surface area is 152 Å². The van der Waals surface area contributed by atoms with Crippen LogP contribution in [0.5, 0.6) is 0 Å². The number of halogens is 1. The Hall–Kier alpha value is -2.95. The van der Waals surface area contributed by atoms with Crippen LogP contribution in [0.1, 0.15) is 16.8 Å². The van der Waals surface area contributed by atoms with Crippen LogP contribution in [0, 0.1) is 12.7 Å². The highest BCUT2D eigenvalue weighted by Gasteiger charge is 2.21. The fourth-order valence-electron chi connectivity index (χ4n) is 3.36. The van der Waals surface area contributed by atoms with E-state index >= 15 is 0 Å². The molecular formula is C21H21FN4. The smallest absolute Gasteiger partial charge is 0.224 e. The molecule has 0 saturated heterocycles. The van der Waals surface area contributed by atoms with E-state index in [1.807, 2.05) is 19.1 Å². The number of aryl methyl sites for hydroxylation is 1. The van der Waals surface area contributed by atoms with Crippen molar-refractivity contribution in [2.45, 2.75) is 19.8 Å². The zero-order valence-electron chi connectivity index (χ0n) is 14.7. The highest BCUT2D eigenvalue weighted by molar-refractivity contribution is 5.68. The maximum atomic E-state index is 13.7. The lowest BCUT2D eigenvalue weighted by atomic mass is 10.1. The summed E-state index contributed by atoms with van der Waals surface area (Å²) < 4.78 is 13.7. The number of fused-ring (bicyclic) bond motifs is 1. The SMILES string of the molecule is Cc1cc(N2CCc3ccccc32)nc(NCCc2ccccc2F)n1. The molecule has 0 radical (unpaired) electrons. The van der Waals surface area contributed by atoms with Gasteiger partial charge in [0.05, 0.1) is 0 Å². The summed E-state index contributed by atoms with van der Waals surface area (Å²) in [5, 5.41) is 3.23. The van der Waals surface area contributed by atoms with Gasteiger partial charge in [0.15, 0.2) is 0 Å². The molecule has 3 aromatic rings. The molecule has 0 bridgehead atoms. The number of hydrogen-bond acceptors (Lipinski definition) is 4. The van der Waals surface area contributed by atoms with Crippen LogP contribution < -0.4 is 10.2 Å². The van der Waals surface area contributed by atoms with Gasteiger partial charge in [0, 0.05) is 30.5 Å². The minimum absolute atomic E-state index is 0.172. The van der Waals surface area contributed by atoms with Crippen LogP contribution in [0.15, 0.2) is 54.6 Å². The second-order valence-corrected chi connectivity index (χ2v) is 6.49. The Morgan fingerprint density at radius 2 is 1.88 bits per heavy atom. The zero-order chi connectivity index (χ0) is 17.9. The van der Waals surface area contributed by atoms with Crippen molar-refractivity contribution in [1.82, 2.24) is 9.97 Å². The van der Waals surface area contributed by atoms with Crippen molar-refractivity contribution in [2.75, 3.05) is 23.3 Å². The minimum atomic E-state index is -0.172. The van der Waals surface area contributed by atoms with Crippen LogP contribution in [-0.4, -0.2) is 23.1 Å². The molecule has 0 aliphatic carbocycles. The van der Waals surface area contributed by atoms with E-state index in [4.69, 9.17) is 0 Å². The summed E-state index contributed by atoms with van der Waals surface area (Å²) in [5.74, 6) is 1.31. The summed E-state index contributed by atoms with van der Waals surface area (Å²) in [6, 6.07) is 17.3. The van der Waals surface area contributed by atoms with Crippen LogP contribution in [0.3, 0.4) is 0 Å². The van der Waals surface area contributed by atoms with Crippen LogP contribution in [0.25, 0.3) is 0 Å². The molecule has 4 nitrogen and oxygen atoms in total. The standard InChI is InChI=1S/C21H21FN4/c1-15-14-20(26-13-11-17-7-3-5-9-19(17)26)25-21(24-15)23-12-10-16-6-2-4-8-18(16)22/h2-9,14H,10-13H2,1H3,(H,23,24,25). The van der Waals surface area contributed by atoms with E-state index in [0.29, 0.717) is 24.5 Å². The molecule has 0 unspecified atom stereocenters. The third-order valence-corrected chi connectivity index (χ3v) is 4.64. The topological polar surface area (TPSA) is 41.1 Å². The monoisotopic (exact) mass is 348 g/mol. The van der Waals surface area contributed by atoms with Crippen molar-refractivity contribution in [2.24, 2.45) is 0 Å². The Morgan fingerprint density at radius 3 is 2.77 bits per heavy atom. The zero-order valence-corrected chi connectivity index (χ0v) is 14.7. The second-order valence-electron chi connectivity index (χ2n) is 6.49. The normalized spacial score (nSPS) is 12.9. The van der Waals surface area contributed by atoms with Gasteiger partial charge in [-0.1, -0.05) is 36.4 Å². The Morgan fingerprint density at radius 1 is 1.08 bits per heavy atom. The van der Waals surface area contributed by atoms with Gasteiger partial charge in [0.1, 0.15) is 11.6 Å². The third kappa shape index (κ3) is 3.38. The van der Waals surface area contributed by atoms with Gasteiger partial charge in [-0.25, -0.2) is 9.37 Å². The largest absolute Gasteiger partial charge is 0.354 e. The molecule has 1 aliphatic heterocycles. The van der Waals surface area contributed by atoms with E-state index in [1.54, 1.807) is 12.1 Å². The lowest BCUT2D eigenvalue weighted by Gasteiger charge is -2.19. The second kappa shape index (κ2) is 7.12. The highest BCUT2D eigenvalue weighted by atomic mass is 19.1. The number of rotatable bonds is 5. The number of para-hydroxylation sites is 1. The molecule has 1 aliphatic rings. The van der Waals surface area contributed by atoms with E-state index in [0.717, 1.165) is 24.5 Å². The number of aromatic nitrogens is 2. The summed E-state index contributed by atoms with van der Waals surface area (Å²) in [6.45, 7) is 3.47. The maximum absolute atomic E-state index is 13.7. The average Bonchev–Trinajstić information content (AvgIpc) is 3.07. The van der Waals surface area contributed by atoms with Gasteiger partial charge < -0.3 is 10.2 Å². The van der Waals surface area contributed by atoms with Crippen molar-refractivity contribution < 1.29 is 4.39 Å². The molecule has 0 amide bonds. The molecule has 0 atom stereocenters. The molecule has 132 valence electrons. The van der Waals surface area contributed by atoms with Gasteiger partial charge >= 0.3 is 0 Å². The Kier molecular flexibility index (Phi) is 4.52. The summed E-state index contributed by atoms with van der Waals surface area (Å²) in [4.78, 5) is 11.4. The number of nitrogens with zero attached hydrogens (tertiary/aromatic N) is 3. The van der Waals surface area contributed by atoms with Gasteiger partial charge in [0.2, 0.25) is 5.95 Å². The van der Waals surface area contributed by atoms with Crippen molar-refractivity contribution in [3.63, 3.8) is 0 Å². The Bertz CT molecular complexity index is 925. The van der Waals surface area contributed by atoms with Crippen molar-refractivity contribution in [1.29, 1.82) is 0 Å². The summed E-state index contributed by atoms with van der Waals surface area (Å²) in [6.07, 6.45) is 1.61. The van der Waals surface area contributed by atoms with Crippen molar-refractivity contribution >= 4 is 17.5 Å². The predicted octanol–water partition coefficient (Wildman–Crippen LogP) is 4.27. The first kappa shape index (κ1) is 16.5. The van der Waals surface area contributed by atoms with Crippen LogP contribution in [-0.2, 0) is 12.8 Å². The molecule has 0 saturated carbocycles. The summed E-state index contributed by atoms with van der Waals surface area (Å²) in [7, 11) is 0. The van der Waals surface area contributed by atoms with Crippen molar-refractivity contribution in [3.8, 4) is 0 Å². The number of benzene rings is 2. The first-order valence-corrected chi connectivity index (χ1v) is 8.89. The van der Waals surface area contributed by atoms with E-state index < -0.39 is 0 Å². The van der Waals surface area contributed by atoms with E-state index in [1.165, 1.54) is 17.3 Å². The average molecular weight is 348 g/mol. The minimum Gasteiger partial charge on any atom is -0.354 e. The highest BCUT2D eigenvalue weighted by Crippen LogP contribution is 2.33. The fraction of sp³-hybridized carbons (Fsp3) is 0.238. The molecule has 5 heteroatoms. The lowest BCUT2D eigenvalue weighted by molar-refractivity contribution is 0.610. The summed E-state index contributed by atoms with van der Waals surface area (Å²) in [5.41, 5.74) is 4.16. The first-order chi connectivity index (χ1) is 12.7. The maximum Gasteiger partial charge on any atom is 0.224 e. The first-order valence-electron chi connectivity index (χ1n) is 8.89. The van der Waals surface area contributed by atoms with Gasteiger partial charge in [-0.15, -0.1) is 0 Å². The van der Waals surface area contributed by atoms with Crippen molar-refractivity contribution in [3.05, 3.63) is 77.2 Å². The summed E-state index contributed by atoms with van der Waals surface area (Å²) >= 11 is 0. The van der Waals surface area contributed by atoms with Crippen LogP contribution in [0.2, 0.25) is 0 Å². The van der Waals surface area contributed by atoms with Crippen LogP contribution >= 0.6 is 0 Å². The van der Waals surface area contributed by atoms with Gasteiger partial charge in [0.25, 0.3) is 0 Å².